The molecule has 0 aromatic carbocycles. The van der Waals surface area contributed by atoms with Gasteiger partial charge in [0.05, 0.1) is 0 Å². The first kappa shape index (κ1) is 6.66. The fraction of sp³-hybridized carbons (Fsp3) is 1.00. The summed E-state index contributed by atoms with van der Waals surface area (Å²) in [6.07, 6.45) is 2.92. The summed E-state index contributed by atoms with van der Waals surface area (Å²) in [6, 6.07) is 0.880. The van der Waals surface area contributed by atoms with E-state index < -0.39 is 0 Å². The normalized spacial score (nSPS) is 45.3. The van der Waals surface area contributed by atoms with Crippen molar-refractivity contribution in [1.82, 2.24) is 5.32 Å². The Hall–Kier alpha value is -0.0400. The molecule has 2 bridgehead atoms. The van der Waals surface area contributed by atoms with Gasteiger partial charge in [0, 0.05) is 6.04 Å². The zero-order valence-corrected chi connectivity index (χ0v) is 6.93. The van der Waals surface area contributed by atoms with Crippen molar-refractivity contribution in [3.63, 3.8) is 0 Å². The highest BCUT2D eigenvalue weighted by molar-refractivity contribution is 4.97. The molecule has 1 heteroatoms. The lowest BCUT2D eigenvalue weighted by Crippen LogP contribution is -2.27. The third kappa shape index (κ3) is 0.800. The van der Waals surface area contributed by atoms with Gasteiger partial charge in [-0.05, 0) is 37.1 Å². The number of rotatable bonds is 1. The molecule has 1 saturated carbocycles. The fourth-order valence-electron chi connectivity index (χ4n) is 2.90. The van der Waals surface area contributed by atoms with Gasteiger partial charge < -0.3 is 5.32 Å². The largest absolute Gasteiger partial charge is 0.313 e. The van der Waals surface area contributed by atoms with E-state index in [0.29, 0.717) is 0 Å². The van der Waals surface area contributed by atoms with E-state index in [1.807, 2.05) is 0 Å². The first-order valence-corrected chi connectivity index (χ1v) is 4.52. The van der Waals surface area contributed by atoms with Crippen LogP contribution in [0.4, 0.5) is 0 Å². The second kappa shape index (κ2) is 2.23. The van der Waals surface area contributed by atoms with Gasteiger partial charge in [-0.3, -0.25) is 0 Å². The Kier molecular flexibility index (Phi) is 1.48. The summed E-state index contributed by atoms with van der Waals surface area (Å²) in [5.41, 5.74) is 0. The lowest BCUT2D eigenvalue weighted by molar-refractivity contribution is 0.334. The van der Waals surface area contributed by atoms with Crippen molar-refractivity contribution in [3.05, 3.63) is 0 Å². The minimum atomic E-state index is 0.880. The van der Waals surface area contributed by atoms with Crippen molar-refractivity contribution in [2.24, 2.45) is 17.8 Å². The Morgan fingerprint density at radius 3 is 2.30 bits per heavy atom. The van der Waals surface area contributed by atoms with Crippen LogP contribution in [0.1, 0.15) is 26.7 Å². The molecule has 2 fully saturated rings. The molecule has 2 rings (SSSR count). The van der Waals surface area contributed by atoms with Crippen molar-refractivity contribution in [3.8, 4) is 0 Å². The molecule has 1 saturated heterocycles. The van der Waals surface area contributed by atoms with Crippen LogP contribution in [-0.2, 0) is 0 Å². The predicted molar refractivity (Wildman–Crippen MR) is 42.8 cm³/mol. The molecule has 1 nitrogen and oxygen atoms in total. The minimum absolute atomic E-state index is 0.880. The van der Waals surface area contributed by atoms with Gasteiger partial charge in [0.2, 0.25) is 0 Å². The number of hydrogen-bond acceptors (Lipinski definition) is 1. The zero-order chi connectivity index (χ0) is 7.14. The van der Waals surface area contributed by atoms with Gasteiger partial charge in [0.25, 0.3) is 0 Å². The Morgan fingerprint density at radius 1 is 1.30 bits per heavy atom. The SMILES string of the molecule is CC(C)C1C2CCC1NC2. The van der Waals surface area contributed by atoms with Crippen molar-refractivity contribution in [1.29, 1.82) is 0 Å². The number of hydrogen-bond donors (Lipinski definition) is 1. The standard InChI is InChI=1S/C9H17N/c1-6(2)9-7-3-4-8(9)10-5-7/h6-10H,3-5H2,1-2H3. The highest BCUT2D eigenvalue weighted by Gasteiger charge is 2.42. The van der Waals surface area contributed by atoms with E-state index in [1.54, 1.807) is 0 Å². The zero-order valence-electron chi connectivity index (χ0n) is 6.93. The van der Waals surface area contributed by atoms with Gasteiger partial charge in [-0.2, -0.15) is 0 Å². The summed E-state index contributed by atoms with van der Waals surface area (Å²) in [7, 11) is 0. The van der Waals surface area contributed by atoms with E-state index >= 15 is 0 Å². The molecule has 0 radical (unpaired) electrons. The van der Waals surface area contributed by atoms with Gasteiger partial charge in [-0.1, -0.05) is 13.8 Å². The number of nitrogens with one attached hydrogen (secondary N) is 1. The molecule has 10 heavy (non-hydrogen) atoms. The van der Waals surface area contributed by atoms with Crippen LogP contribution in [0.25, 0.3) is 0 Å². The van der Waals surface area contributed by atoms with Crippen LogP contribution in [0.15, 0.2) is 0 Å². The van der Waals surface area contributed by atoms with Gasteiger partial charge >= 0.3 is 0 Å². The van der Waals surface area contributed by atoms with Gasteiger partial charge in [-0.25, -0.2) is 0 Å². The first-order valence-electron chi connectivity index (χ1n) is 4.52. The van der Waals surface area contributed by atoms with Crippen molar-refractivity contribution in [2.75, 3.05) is 6.54 Å². The highest BCUT2D eigenvalue weighted by Crippen LogP contribution is 2.40. The molecule has 1 aliphatic carbocycles. The molecule has 3 unspecified atom stereocenters. The van der Waals surface area contributed by atoms with Crippen LogP contribution < -0.4 is 5.32 Å². The third-order valence-corrected chi connectivity index (χ3v) is 3.27. The quantitative estimate of drug-likeness (QED) is 0.582. The van der Waals surface area contributed by atoms with Crippen molar-refractivity contribution >= 4 is 0 Å². The second-order valence-electron chi connectivity index (χ2n) is 4.17. The van der Waals surface area contributed by atoms with Crippen molar-refractivity contribution < 1.29 is 0 Å². The molecule has 2 aliphatic rings. The van der Waals surface area contributed by atoms with Crippen LogP contribution in [0.5, 0.6) is 0 Å². The second-order valence-corrected chi connectivity index (χ2v) is 4.17. The molecule has 0 amide bonds. The molecule has 3 atom stereocenters. The predicted octanol–water partition coefficient (Wildman–Crippen LogP) is 1.64. The highest BCUT2D eigenvalue weighted by atomic mass is 15.0. The molecular formula is C9H17N. The maximum Gasteiger partial charge on any atom is 0.0101 e. The van der Waals surface area contributed by atoms with E-state index in [-0.39, 0.29) is 0 Å². The Bertz CT molecular complexity index is 111. The topological polar surface area (TPSA) is 12.0 Å². The molecule has 1 N–H and O–H groups in total. The van der Waals surface area contributed by atoms with E-state index in [0.717, 1.165) is 23.8 Å². The Balaban J connectivity index is 2.09. The van der Waals surface area contributed by atoms with E-state index in [4.69, 9.17) is 0 Å². The fourth-order valence-corrected chi connectivity index (χ4v) is 2.90. The maximum atomic E-state index is 3.59. The first-order chi connectivity index (χ1) is 4.79. The molecule has 0 aromatic rings. The average Bonchev–Trinajstić information content (AvgIpc) is 2.43. The number of piperidine rings is 1. The van der Waals surface area contributed by atoms with E-state index in [9.17, 15) is 0 Å². The molecule has 0 aromatic heterocycles. The summed E-state index contributed by atoms with van der Waals surface area (Å²) in [5, 5.41) is 3.59. The molecule has 0 spiro atoms. The number of fused-ring (bicyclic) bond motifs is 2. The van der Waals surface area contributed by atoms with Crippen LogP contribution in [-0.4, -0.2) is 12.6 Å². The summed E-state index contributed by atoms with van der Waals surface area (Å²) in [4.78, 5) is 0. The molecule has 58 valence electrons. The van der Waals surface area contributed by atoms with Crippen LogP contribution >= 0.6 is 0 Å². The molecule has 1 heterocycles. The summed E-state index contributed by atoms with van der Waals surface area (Å²) >= 11 is 0. The maximum absolute atomic E-state index is 3.59. The monoisotopic (exact) mass is 139 g/mol. The van der Waals surface area contributed by atoms with Gasteiger partial charge in [0.1, 0.15) is 0 Å². The summed E-state index contributed by atoms with van der Waals surface area (Å²) in [6.45, 7) is 6.03. The lowest BCUT2D eigenvalue weighted by Gasteiger charge is -2.18. The van der Waals surface area contributed by atoms with Gasteiger partial charge in [-0.15, -0.1) is 0 Å². The van der Waals surface area contributed by atoms with E-state index in [2.05, 4.69) is 19.2 Å². The smallest absolute Gasteiger partial charge is 0.0101 e. The van der Waals surface area contributed by atoms with Crippen LogP contribution in [0.3, 0.4) is 0 Å². The average molecular weight is 139 g/mol. The van der Waals surface area contributed by atoms with Crippen LogP contribution in [0, 0.1) is 17.8 Å². The summed E-state index contributed by atoms with van der Waals surface area (Å²) < 4.78 is 0. The summed E-state index contributed by atoms with van der Waals surface area (Å²) in [5.74, 6) is 2.91. The lowest BCUT2D eigenvalue weighted by atomic mass is 9.87. The third-order valence-electron chi connectivity index (χ3n) is 3.27. The minimum Gasteiger partial charge on any atom is -0.313 e. The Labute approximate surface area is 63.2 Å². The van der Waals surface area contributed by atoms with Gasteiger partial charge in [0.15, 0.2) is 0 Å². The Morgan fingerprint density at radius 2 is 2.10 bits per heavy atom. The van der Waals surface area contributed by atoms with Crippen LogP contribution in [0.2, 0.25) is 0 Å². The van der Waals surface area contributed by atoms with Crippen molar-refractivity contribution in [2.45, 2.75) is 32.7 Å². The van der Waals surface area contributed by atoms with E-state index in [1.165, 1.54) is 19.4 Å². The molecular weight excluding hydrogens is 122 g/mol. The molecule has 1 aliphatic heterocycles.